The standard InChI is InChI=1S/C9H10O.C3H9N/c1-2-6-9-8(4-1)5-3-7-10-9;1-4(2)3/h1-2,4,6H,3,5,7H2;1-3H3. The summed E-state index contributed by atoms with van der Waals surface area (Å²) in [6.07, 6.45) is 2.34. The molecule has 0 radical (unpaired) electrons. The minimum absolute atomic E-state index is 0.886. The van der Waals surface area contributed by atoms with Gasteiger partial charge in [0.15, 0.2) is 0 Å². The number of hydrogen-bond acceptors (Lipinski definition) is 2. The van der Waals surface area contributed by atoms with Crippen LogP contribution in [0.3, 0.4) is 0 Å². The van der Waals surface area contributed by atoms with Crippen LogP contribution in [0.25, 0.3) is 0 Å². The quantitative estimate of drug-likeness (QED) is 0.626. The Morgan fingerprint density at radius 3 is 2.43 bits per heavy atom. The van der Waals surface area contributed by atoms with Crippen molar-refractivity contribution < 1.29 is 4.74 Å². The minimum Gasteiger partial charge on any atom is -0.493 e. The second-order valence-corrected chi connectivity index (χ2v) is 3.90. The lowest BCUT2D eigenvalue weighted by molar-refractivity contribution is 0.288. The van der Waals surface area contributed by atoms with Crippen LogP contribution in [-0.4, -0.2) is 32.6 Å². The molecule has 0 spiro atoms. The number of para-hydroxylation sites is 1. The largest absolute Gasteiger partial charge is 0.493 e. The van der Waals surface area contributed by atoms with Crippen molar-refractivity contribution in [2.24, 2.45) is 0 Å². The second-order valence-electron chi connectivity index (χ2n) is 3.90. The van der Waals surface area contributed by atoms with Gasteiger partial charge < -0.3 is 9.64 Å². The van der Waals surface area contributed by atoms with E-state index in [0.29, 0.717) is 0 Å². The summed E-state index contributed by atoms with van der Waals surface area (Å²) in [7, 11) is 6.00. The van der Waals surface area contributed by atoms with Gasteiger partial charge in [0.2, 0.25) is 0 Å². The molecule has 0 N–H and O–H groups in total. The van der Waals surface area contributed by atoms with Crippen molar-refractivity contribution in [3.8, 4) is 5.75 Å². The average Bonchev–Trinajstić information content (AvgIpc) is 2.17. The molecule has 2 heteroatoms. The fourth-order valence-electron chi connectivity index (χ4n) is 1.30. The summed E-state index contributed by atoms with van der Waals surface area (Å²) in [5.41, 5.74) is 1.36. The van der Waals surface area contributed by atoms with E-state index in [1.807, 2.05) is 38.2 Å². The van der Waals surface area contributed by atoms with Gasteiger partial charge in [0.05, 0.1) is 6.61 Å². The number of fused-ring (bicyclic) bond motifs is 1. The number of nitrogens with zero attached hydrogens (tertiary/aromatic N) is 1. The van der Waals surface area contributed by atoms with Gasteiger partial charge in [-0.05, 0) is 45.6 Å². The second kappa shape index (κ2) is 5.66. The number of rotatable bonds is 0. The zero-order valence-corrected chi connectivity index (χ0v) is 9.29. The predicted octanol–water partition coefficient (Wildman–Crippen LogP) is 2.19. The first-order valence-electron chi connectivity index (χ1n) is 5.02. The first-order valence-corrected chi connectivity index (χ1v) is 5.02. The van der Waals surface area contributed by atoms with Crippen LogP contribution < -0.4 is 4.74 Å². The summed E-state index contributed by atoms with van der Waals surface area (Å²) >= 11 is 0. The van der Waals surface area contributed by atoms with Gasteiger partial charge >= 0.3 is 0 Å². The van der Waals surface area contributed by atoms with Crippen molar-refractivity contribution in [1.29, 1.82) is 0 Å². The van der Waals surface area contributed by atoms with Crippen LogP contribution in [0.5, 0.6) is 5.75 Å². The van der Waals surface area contributed by atoms with E-state index in [4.69, 9.17) is 4.74 Å². The fourth-order valence-corrected chi connectivity index (χ4v) is 1.30. The summed E-state index contributed by atoms with van der Waals surface area (Å²) in [6, 6.07) is 8.25. The average molecular weight is 193 g/mol. The normalized spacial score (nSPS) is 13.7. The Morgan fingerprint density at radius 1 is 1.14 bits per heavy atom. The van der Waals surface area contributed by atoms with Crippen LogP contribution in [-0.2, 0) is 6.42 Å². The zero-order chi connectivity index (χ0) is 10.4. The molecule has 0 aliphatic carbocycles. The summed E-state index contributed by atoms with van der Waals surface area (Å²) in [5, 5.41) is 0. The van der Waals surface area contributed by atoms with Crippen molar-refractivity contribution in [3.05, 3.63) is 29.8 Å². The van der Waals surface area contributed by atoms with Gasteiger partial charge in [-0.2, -0.15) is 0 Å². The zero-order valence-electron chi connectivity index (χ0n) is 9.29. The molecular formula is C12H19NO. The first kappa shape index (κ1) is 11.1. The van der Waals surface area contributed by atoms with E-state index in [1.165, 1.54) is 12.0 Å². The predicted molar refractivity (Wildman–Crippen MR) is 59.9 cm³/mol. The van der Waals surface area contributed by atoms with Gasteiger partial charge in [-0.1, -0.05) is 18.2 Å². The third-order valence-electron chi connectivity index (χ3n) is 1.82. The van der Waals surface area contributed by atoms with Crippen molar-refractivity contribution >= 4 is 0 Å². The van der Waals surface area contributed by atoms with E-state index in [9.17, 15) is 0 Å². The molecular weight excluding hydrogens is 174 g/mol. The van der Waals surface area contributed by atoms with E-state index in [-0.39, 0.29) is 0 Å². The van der Waals surface area contributed by atoms with Gasteiger partial charge in [0, 0.05) is 0 Å². The van der Waals surface area contributed by atoms with Crippen molar-refractivity contribution in [2.45, 2.75) is 12.8 Å². The van der Waals surface area contributed by atoms with Gasteiger partial charge in [-0.25, -0.2) is 0 Å². The maximum Gasteiger partial charge on any atom is 0.122 e. The van der Waals surface area contributed by atoms with Crippen LogP contribution in [0.4, 0.5) is 0 Å². The third kappa shape index (κ3) is 3.79. The molecule has 0 fully saturated rings. The summed E-state index contributed by atoms with van der Waals surface area (Å²) in [4.78, 5) is 2.00. The molecule has 0 bridgehead atoms. The van der Waals surface area contributed by atoms with Crippen molar-refractivity contribution in [2.75, 3.05) is 27.7 Å². The minimum atomic E-state index is 0.886. The fraction of sp³-hybridized carbons (Fsp3) is 0.500. The molecule has 0 unspecified atom stereocenters. The van der Waals surface area contributed by atoms with E-state index in [2.05, 4.69) is 12.1 Å². The number of aryl methyl sites for hydroxylation is 1. The molecule has 1 aliphatic rings. The monoisotopic (exact) mass is 193 g/mol. The van der Waals surface area contributed by atoms with E-state index in [1.54, 1.807) is 0 Å². The Hall–Kier alpha value is -1.02. The maximum absolute atomic E-state index is 5.42. The van der Waals surface area contributed by atoms with E-state index in [0.717, 1.165) is 18.8 Å². The molecule has 1 aromatic rings. The molecule has 1 aromatic carbocycles. The summed E-state index contributed by atoms with van der Waals surface area (Å²) < 4.78 is 5.42. The summed E-state index contributed by atoms with van der Waals surface area (Å²) in [5.74, 6) is 1.08. The van der Waals surface area contributed by atoms with Gasteiger partial charge in [0.25, 0.3) is 0 Å². The van der Waals surface area contributed by atoms with Crippen LogP contribution in [0.1, 0.15) is 12.0 Å². The van der Waals surface area contributed by atoms with Crippen LogP contribution in [0, 0.1) is 0 Å². The Bertz CT molecular complexity index is 243. The maximum atomic E-state index is 5.42. The first-order chi connectivity index (χ1) is 6.70. The highest BCUT2D eigenvalue weighted by Gasteiger charge is 2.06. The molecule has 0 saturated carbocycles. The van der Waals surface area contributed by atoms with Crippen molar-refractivity contribution in [1.82, 2.24) is 4.90 Å². The lowest BCUT2D eigenvalue weighted by atomic mass is 10.1. The Balaban J connectivity index is 0.000000213. The third-order valence-corrected chi connectivity index (χ3v) is 1.82. The van der Waals surface area contributed by atoms with Gasteiger partial charge in [0.1, 0.15) is 5.75 Å². The molecule has 0 aromatic heterocycles. The molecule has 0 saturated heterocycles. The van der Waals surface area contributed by atoms with Crippen LogP contribution in [0.2, 0.25) is 0 Å². The van der Waals surface area contributed by atoms with E-state index < -0.39 is 0 Å². The highest BCUT2D eigenvalue weighted by atomic mass is 16.5. The Morgan fingerprint density at radius 2 is 1.79 bits per heavy atom. The molecule has 2 nitrogen and oxygen atoms in total. The smallest absolute Gasteiger partial charge is 0.122 e. The Kier molecular flexibility index (Phi) is 4.47. The SMILES string of the molecule is CN(C)C.c1ccc2c(c1)CCCO2. The topological polar surface area (TPSA) is 12.5 Å². The van der Waals surface area contributed by atoms with Gasteiger partial charge in [-0.15, -0.1) is 0 Å². The molecule has 78 valence electrons. The summed E-state index contributed by atoms with van der Waals surface area (Å²) in [6.45, 7) is 0.886. The van der Waals surface area contributed by atoms with E-state index >= 15 is 0 Å². The van der Waals surface area contributed by atoms with Crippen molar-refractivity contribution in [3.63, 3.8) is 0 Å². The number of hydrogen-bond donors (Lipinski definition) is 0. The molecule has 14 heavy (non-hydrogen) atoms. The lowest BCUT2D eigenvalue weighted by Gasteiger charge is -2.15. The molecule has 0 amide bonds. The molecule has 0 atom stereocenters. The number of ether oxygens (including phenoxy) is 1. The van der Waals surface area contributed by atoms with Crippen LogP contribution >= 0.6 is 0 Å². The number of benzene rings is 1. The highest BCUT2D eigenvalue weighted by Crippen LogP contribution is 2.22. The molecule has 2 rings (SSSR count). The molecule has 1 heterocycles. The molecule has 1 aliphatic heterocycles. The lowest BCUT2D eigenvalue weighted by Crippen LogP contribution is -2.07. The van der Waals surface area contributed by atoms with Gasteiger partial charge in [-0.3, -0.25) is 0 Å². The Labute approximate surface area is 86.5 Å². The highest BCUT2D eigenvalue weighted by molar-refractivity contribution is 5.34. The van der Waals surface area contributed by atoms with Crippen LogP contribution in [0.15, 0.2) is 24.3 Å².